The van der Waals surface area contributed by atoms with Crippen LogP contribution in [0.1, 0.15) is 13.8 Å². The maximum Gasteiger partial charge on any atom is 0.294 e. The first-order valence-corrected chi connectivity index (χ1v) is 10.5. The Bertz CT molecular complexity index is 1180. The highest BCUT2D eigenvalue weighted by Crippen LogP contribution is 2.28. The van der Waals surface area contributed by atoms with Crippen molar-refractivity contribution in [1.29, 1.82) is 0 Å². The Morgan fingerprint density at radius 3 is 2.73 bits per heavy atom. The second-order valence-corrected chi connectivity index (χ2v) is 8.36. The number of aromatic nitrogens is 2. The summed E-state index contributed by atoms with van der Waals surface area (Å²) < 4.78 is 1.57. The Labute approximate surface area is 181 Å². The first-order chi connectivity index (χ1) is 14.3. The predicted octanol–water partition coefficient (Wildman–Crippen LogP) is 4.34. The van der Waals surface area contributed by atoms with Gasteiger partial charge in [-0.15, -0.1) is 0 Å². The van der Waals surface area contributed by atoms with Crippen molar-refractivity contribution < 1.29 is 9.72 Å². The van der Waals surface area contributed by atoms with Gasteiger partial charge in [0.15, 0.2) is 5.16 Å². The summed E-state index contributed by atoms with van der Waals surface area (Å²) in [5.41, 5.74) is 0.159. The lowest BCUT2D eigenvalue weighted by Crippen LogP contribution is -2.26. The van der Waals surface area contributed by atoms with Gasteiger partial charge in [-0.2, -0.15) is 0 Å². The molecule has 0 saturated heterocycles. The van der Waals surface area contributed by atoms with Crippen LogP contribution in [0, 0.1) is 16.0 Å². The molecule has 3 aromatic rings. The Kier molecular flexibility index (Phi) is 6.73. The quantitative estimate of drug-likeness (QED) is 0.250. The van der Waals surface area contributed by atoms with Crippen LogP contribution in [0.15, 0.2) is 52.4 Å². The number of fused-ring (bicyclic) bond motifs is 1. The minimum atomic E-state index is -0.611. The SMILES string of the molecule is CC(C)Cn1c(SCC(=O)Nc2ccc(Cl)cc2[N+](=O)[O-])nc2ccccc2c1=O. The number of para-hydroxylation sites is 1. The number of benzene rings is 2. The number of amides is 1. The van der Waals surface area contributed by atoms with Gasteiger partial charge in [0.05, 0.1) is 21.6 Å². The number of anilines is 1. The molecule has 0 aliphatic heterocycles. The zero-order valence-corrected chi connectivity index (χ0v) is 17.9. The Balaban J connectivity index is 1.84. The lowest BCUT2D eigenvalue weighted by molar-refractivity contribution is -0.383. The van der Waals surface area contributed by atoms with E-state index in [1.54, 1.807) is 28.8 Å². The first kappa shape index (κ1) is 21.8. The minimum Gasteiger partial charge on any atom is -0.320 e. The van der Waals surface area contributed by atoms with E-state index in [9.17, 15) is 19.7 Å². The topological polar surface area (TPSA) is 107 Å². The van der Waals surface area contributed by atoms with Crippen LogP contribution in [0.25, 0.3) is 10.9 Å². The van der Waals surface area contributed by atoms with Crippen molar-refractivity contribution in [2.24, 2.45) is 5.92 Å². The van der Waals surface area contributed by atoms with E-state index < -0.39 is 10.8 Å². The molecule has 0 unspecified atom stereocenters. The van der Waals surface area contributed by atoms with E-state index in [1.807, 2.05) is 13.8 Å². The average Bonchev–Trinajstić information content (AvgIpc) is 2.70. The lowest BCUT2D eigenvalue weighted by atomic mass is 10.2. The summed E-state index contributed by atoms with van der Waals surface area (Å²) >= 11 is 6.90. The van der Waals surface area contributed by atoms with E-state index in [0.717, 1.165) is 11.8 Å². The monoisotopic (exact) mass is 446 g/mol. The lowest BCUT2D eigenvalue weighted by Gasteiger charge is -2.15. The number of rotatable bonds is 7. The maximum absolute atomic E-state index is 12.9. The third kappa shape index (κ3) is 4.98. The van der Waals surface area contributed by atoms with Gasteiger partial charge in [0.2, 0.25) is 5.91 Å². The molecule has 1 aromatic heterocycles. The van der Waals surface area contributed by atoms with Gasteiger partial charge in [-0.3, -0.25) is 24.3 Å². The summed E-state index contributed by atoms with van der Waals surface area (Å²) in [7, 11) is 0. The summed E-state index contributed by atoms with van der Waals surface area (Å²) in [4.78, 5) is 40.4. The molecule has 0 bridgehead atoms. The number of nitrogens with zero attached hydrogens (tertiary/aromatic N) is 3. The van der Waals surface area contributed by atoms with Crippen LogP contribution in [-0.4, -0.2) is 26.1 Å². The molecule has 0 saturated carbocycles. The molecule has 2 aromatic carbocycles. The van der Waals surface area contributed by atoms with Crippen LogP contribution in [-0.2, 0) is 11.3 Å². The number of nitrogens with one attached hydrogen (secondary N) is 1. The van der Waals surface area contributed by atoms with Gasteiger partial charge < -0.3 is 5.32 Å². The molecular weight excluding hydrogens is 428 g/mol. The smallest absolute Gasteiger partial charge is 0.294 e. The highest BCUT2D eigenvalue weighted by atomic mass is 35.5. The number of thioether (sulfide) groups is 1. The summed E-state index contributed by atoms with van der Waals surface area (Å²) in [6, 6.07) is 11.1. The van der Waals surface area contributed by atoms with Crippen LogP contribution < -0.4 is 10.9 Å². The van der Waals surface area contributed by atoms with E-state index in [0.29, 0.717) is 22.6 Å². The summed E-state index contributed by atoms with van der Waals surface area (Å²) in [6.45, 7) is 4.44. The molecule has 1 amide bonds. The maximum atomic E-state index is 12.9. The third-order valence-corrected chi connectivity index (χ3v) is 5.35. The summed E-state index contributed by atoms with van der Waals surface area (Å²) in [6.07, 6.45) is 0. The third-order valence-electron chi connectivity index (χ3n) is 4.14. The average molecular weight is 447 g/mol. The molecule has 1 heterocycles. The largest absolute Gasteiger partial charge is 0.320 e. The number of carbonyl (C=O) groups excluding carboxylic acids is 1. The second-order valence-electron chi connectivity index (χ2n) is 6.98. The Morgan fingerprint density at radius 1 is 1.30 bits per heavy atom. The number of hydrogen-bond acceptors (Lipinski definition) is 6. The van der Waals surface area contributed by atoms with Crippen molar-refractivity contribution in [2.75, 3.05) is 11.1 Å². The fourth-order valence-electron chi connectivity index (χ4n) is 2.86. The van der Waals surface area contributed by atoms with Gasteiger partial charge in [-0.05, 0) is 30.2 Å². The van der Waals surface area contributed by atoms with Crippen molar-refractivity contribution >= 4 is 51.5 Å². The first-order valence-electron chi connectivity index (χ1n) is 9.12. The summed E-state index contributed by atoms with van der Waals surface area (Å²) in [5.74, 6) is -0.317. The van der Waals surface area contributed by atoms with E-state index in [4.69, 9.17) is 11.6 Å². The van der Waals surface area contributed by atoms with Gasteiger partial charge >= 0.3 is 0 Å². The van der Waals surface area contributed by atoms with E-state index in [-0.39, 0.29) is 33.6 Å². The standard InChI is InChI=1S/C20H19ClN4O4S/c1-12(2)10-24-19(27)14-5-3-4-6-15(14)23-20(24)30-11-18(26)22-16-8-7-13(21)9-17(16)25(28)29/h3-9,12H,10-11H2,1-2H3,(H,22,26). The zero-order chi connectivity index (χ0) is 21.8. The van der Waals surface area contributed by atoms with Crippen molar-refractivity contribution in [2.45, 2.75) is 25.5 Å². The highest BCUT2D eigenvalue weighted by molar-refractivity contribution is 7.99. The van der Waals surface area contributed by atoms with Crippen molar-refractivity contribution in [3.8, 4) is 0 Å². The molecular formula is C20H19ClN4O4S. The van der Waals surface area contributed by atoms with E-state index in [1.165, 1.54) is 18.2 Å². The Morgan fingerprint density at radius 2 is 2.03 bits per heavy atom. The molecule has 0 radical (unpaired) electrons. The molecule has 0 fully saturated rings. The summed E-state index contributed by atoms with van der Waals surface area (Å²) in [5, 5.41) is 14.9. The normalized spacial score (nSPS) is 11.1. The van der Waals surface area contributed by atoms with E-state index in [2.05, 4.69) is 10.3 Å². The van der Waals surface area contributed by atoms with Crippen molar-refractivity contribution in [3.63, 3.8) is 0 Å². The molecule has 3 rings (SSSR count). The van der Waals surface area contributed by atoms with Crippen LogP contribution in [0.3, 0.4) is 0 Å². The fraction of sp³-hybridized carbons (Fsp3) is 0.250. The fourth-order valence-corrected chi connectivity index (χ4v) is 3.84. The predicted molar refractivity (Wildman–Crippen MR) is 118 cm³/mol. The van der Waals surface area contributed by atoms with Gasteiger partial charge in [-0.25, -0.2) is 4.98 Å². The number of nitro benzene ring substituents is 1. The van der Waals surface area contributed by atoms with Gasteiger partial charge in [0.1, 0.15) is 5.69 Å². The number of nitro groups is 1. The molecule has 0 spiro atoms. The molecule has 10 heteroatoms. The van der Waals surface area contributed by atoms with Crippen LogP contribution in [0.4, 0.5) is 11.4 Å². The van der Waals surface area contributed by atoms with Crippen molar-refractivity contribution in [3.05, 3.63) is 68.0 Å². The van der Waals surface area contributed by atoms with Crippen LogP contribution >= 0.6 is 23.4 Å². The molecule has 156 valence electrons. The molecule has 8 nitrogen and oxygen atoms in total. The molecule has 0 aliphatic rings. The highest BCUT2D eigenvalue weighted by Gasteiger charge is 2.18. The minimum absolute atomic E-state index is 0.0565. The van der Waals surface area contributed by atoms with Crippen LogP contribution in [0.2, 0.25) is 5.02 Å². The number of carbonyl (C=O) groups is 1. The van der Waals surface area contributed by atoms with Gasteiger partial charge in [0, 0.05) is 17.6 Å². The number of hydrogen-bond donors (Lipinski definition) is 1. The zero-order valence-electron chi connectivity index (χ0n) is 16.3. The Hall–Kier alpha value is -2.91. The molecule has 30 heavy (non-hydrogen) atoms. The molecule has 0 aliphatic carbocycles. The van der Waals surface area contributed by atoms with Crippen molar-refractivity contribution in [1.82, 2.24) is 9.55 Å². The van der Waals surface area contributed by atoms with Crippen LogP contribution in [0.5, 0.6) is 0 Å². The van der Waals surface area contributed by atoms with E-state index >= 15 is 0 Å². The second kappa shape index (κ2) is 9.27. The van der Waals surface area contributed by atoms with Gasteiger partial charge in [0.25, 0.3) is 11.2 Å². The van der Waals surface area contributed by atoms with Gasteiger partial charge in [-0.1, -0.05) is 49.3 Å². The number of halogens is 1. The molecule has 1 N–H and O–H groups in total. The molecule has 0 atom stereocenters.